The quantitative estimate of drug-likeness (QED) is 0.941. The number of aromatic nitrogens is 1. The second-order valence-electron chi connectivity index (χ2n) is 5.96. The van der Waals surface area contributed by atoms with Gasteiger partial charge in [0.1, 0.15) is 5.75 Å². The van der Waals surface area contributed by atoms with Crippen molar-refractivity contribution < 1.29 is 9.53 Å². The molecule has 5 heteroatoms. The molecule has 0 unspecified atom stereocenters. The molecule has 1 atom stereocenters. The Hall–Kier alpha value is -2.14. The van der Waals surface area contributed by atoms with Crippen LogP contribution in [-0.2, 0) is 11.3 Å². The van der Waals surface area contributed by atoms with Gasteiger partial charge in [0.05, 0.1) is 17.8 Å². The molecule has 0 aliphatic carbocycles. The highest BCUT2D eigenvalue weighted by Gasteiger charge is 2.20. The Morgan fingerprint density at radius 2 is 2.22 bits per heavy atom. The van der Waals surface area contributed by atoms with Crippen LogP contribution in [0.2, 0.25) is 0 Å². The number of hydrogen-bond donors (Lipinski definition) is 1. The van der Waals surface area contributed by atoms with Gasteiger partial charge in [-0.2, -0.15) is 0 Å². The number of carbonyl (C=O) groups excluding carboxylic acids is 1. The van der Waals surface area contributed by atoms with E-state index in [9.17, 15) is 4.79 Å². The molecule has 0 saturated carbocycles. The largest absolute Gasteiger partial charge is 0.494 e. The van der Waals surface area contributed by atoms with E-state index in [2.05, 4.69) is 29.3 Å². The number of nitrogens with zero attached hydrogens (tertiary/aromatic N) is 2. The minimum absolute atomic E-state index is 0.134. The van der Waals surface area contributed by atoms with Crippen LogP contribution in [0.3, 0.4) is 0 Å². The van der Waals surface area contributed by atoms with Crippen molar-refractivity contribution in [1.29, 1.82) is 0 Å². The van der Waals surface area contributed by atoms with E-state index in [1.54, 1.807) is 0 Å². The van der Waals surface area contributed by atoms with Crippen LogP contribution >= 0.6 is 0 Å². The molecule has 1 N–H and O–H groups in total. The Bertz CT molecular complexity index is 702. The standard InChI is InChI=1S/C18H23N3O2/c1-3-23-16-6-7-17-14(10-16)4-5-15(20-17)12-21-9-8-18(22)19-11-13(21)2/h4-7,10,13H,3,8-9,11-12H2,1-2H3,(H,19,22)/t13-/m1/s1. The summed E-state index contributed by atoms with van der Waals surface area (Å²) in [6.07, 6.45) is 0.551. The monoisotopic (exact) mass is 313 g/mol. The van der Waals surface area contributed by atoms with Gasteiger partial charge in [-0.1, -0.05) is 6.07 Å². The number of hydrogen-bond acceptors (Lipinski definition) is 4. The second kappa shape index (κ2) is 6.96. The zero-order chi connectivity index (χ0) is 16.2. The molecule has 5 nitrogen and oxygen atoms in total. The smallest absolute Gasteiger partial charge is 0.221 e. The molecule has 1 aromatic carbocycles. The van der Waals surface area contributed by atoms with Gasteiger partial charge in [-0.25, -0.2) is 0 Å². The lowest BCUT2D eigenvalue weighted by molar-refractivity contribution is -0.120. The number of amides is 1. The Balaban J connectivity index is 1.77. The molecule has 1 aliphatic heterocycles. The van der Waals surface area contributed by atoms with Gasteiger partial charge in [0.15, 0.2) is 0 Å². The number of benzene rings is 1. The van der Waals surface area contributed by atoms with E-state index in [1.165, 1.54) is 0 Å². The average Bonchev–Trinajstić information content (AvgIpc) is 2.71. The highest BCUT2D eigenvalue weighted by atomic mass is 16.5. The van der Waals surface area contributed by atoms with Crippen molar-refractivity contribution in [2.24, 2.45) is 0 Å². The van der Waals surface area contributed by atoms with E-state index in [0.29, 0.717) is 25.6 Å². The molecule has 1 amide bonds. The Kier molecular flexibility index (Phi) is 4.76. The molecule has 2 heterocycles. The fourth-order valence-electron chi connectivity index (χ4n) is 2.88. The van der Waals surface area contributed by atoms with Crippen molar-refractivity contribution in [2.45, 2.75) is 32.9 Å². The summed E-state index contributed by atoms with van der Waals surface area (Å²) in [6.45, 7) is 7.02. The lowest BCUT2D eigenvalue weighted by atomic mass is 10.1. The van der Waals surface area contributed by atoms with Crippen LogP contribution in [0.15, 0.2) is 30.3 Å². The van der Waals surface area contributed by atoms with E-state index in [4.69, 9.17) is 9.72 Å². The zero-order valence-corrected chi connectivity index (χ0v) is 13.7. The molecule has 0 bridgehead atoms. The van der Waals surface area contributed by atoms with Gasteiger partial charge in [-0.15, -0.1) is 0 Å². The maximum Gasteiger partial charge on any atom is 0.221 e. The van der Waals surface area contributed by atoms with Crippen LogP contribution in [0.5, 0.6) is 5.75 Å². The summed E-state index contributed by atoms with van der Waals surface area (Å²) in [6, 6.07) is 10.4. The van der Waals surface area contributed by atoms with E-state index in [1.807, 2.05) is 25.1 Å². The first-order valence-electron chi connectivity index (χ1n) is 8.19. The molecular weight excluding hydrogens is 290 g/mol. The minimum atomic E-state index is 0.134. The molecule has 0 radical (unpaired) electrons. The summed E-state index contributed by atoms with van der Waals surface area (Å²) >= 11 is 0. The van der Waals surface area contributed by atoms with Gasteiger partial charge >= 0.3 is 0 Å². The van der Waals surface area contributed by atoms with Crippen LogP contribution in [0.1, 0.15) is 26.0 Å². The average molecular weight is 313 g/mol. The summed E-state index contributed by atoms with van der Waals surface area (Å²) in [4.78, 5) is 18.6. The SMILES string of the molecule is CCOc1ccc2nc(CN3CCC(=O)NC[C@H]3C)ccc2c1. The van der Waals surface area contributed by atoms with Crippen LogP contribution in [0, 0.1) is 0 Å². The highest BCUT2D eigenvalue weighted by molar-refractivity contribution is 5.80. The molecule has 1 aromatic heterocycles. The predicted molar refractivity (Wildman–Crippen MR) is 90.4 cm³/mol. The molecule has 3 rings (SSSR count). The molecule has 0 spiro atoms. The summed E-state index contributed by atoms with van der Waals surface area (Å²) < 4.78 is 5.53. The number of pyridine rings is 1. The molecule has 1 aliphatic rings. The van der Waals surface area contributed by atoms with E-state index < -0.39 is 0 Å². The van der Waals surface area contributed by atoms with Crippen LogP contribution in [0.4, 0.5) is 0 Å². The fraction of sp³-hybridized carbons (Fsp3) is 0.444. The first-order chi connectivity index (χ1) is 11.2. The number of nitrogens with one attached hydrogen (secondary N) is 1. The number of rotatable bonds is 4. The third kappa shape index (κ3) is 3.79. The zero-order valence-electron chi connectivity index (χ0n) is 13.7. The van der Waals surface area contributed by atoms with Crippen LogP contribution < -0.4 is 10.1 Å². The van der Waals surface area contributed by atoms with Crippen molar-refractivity contribution in [3.63, 3.8) is 0 Å². The van der Waals surface area contributed by atoms with Crippen molar-refractivity contribution in [1.82, 2.24) is 15.2 Å². The van der Waals surface area contributed by atoms with Crippen molar-refractivity contribution >= 4 is 16.8 Å². The van der Waals surface area contributed by atoms with Gasteiger partial charge in [-0.3, -0.25) is 14.7 Å². The first kappa shape index (κ1) is 15.7. The van der Waals surface area contributed by atoms with Gasteiger partial charge in [0, 0.05) is 37.5 Å². The normalized spacial score (nSPS) is 19.4. The summed E-state index contributed by atoms with van der Waals surface area (Å²) in [5, 5.41) is 4.03. The fourth-order valence-corrected chi connectivity index (χ4v) is 2.88. The van der Waals surface area contributed by atoms with Gasteiger partial charge in [0.25, 0.3) is 0 Å². The van der Waals surface area contributed by atoms with Crippen molar-refractivity contribution in [2.75, 3.05) is 19.7 Å². The number of ether oxygens (including phenoxy) is 1. The van der Waals surface area contributed by atoms with Crippen molar-refractivity contribution in [3.8, 4) is 5.75 Å². The number of fused-ring (bicyclic) bond motifs is 1. The Labute approximate surface area is 136 Å². The molecule has 23 heavy (non-hydrogen) atoms. The molecule has 1 fully saturated rings. The highest BCUT2D eigenvalue weighted by Crippen LogP contribution is 2.21. The Morgan fingerprint density at radius 1 is 1.35 bits per heavy atom. The predicted octanol–water partition coefficient (Wildman–Crippen LogP) is 2.34. The topological polar surface area (TPSA) is 54.5 Å². The second-order valence-corrected chi connectivity index (χ2v) is 5.96. The lowest BCUT2D eigenvalue weighted by Crippen LogP contribution is -2.37. The van der Waals surface area contributed by atoms with Gasteiger partial charge in [-0.05, 0) is 38.1 Å². The molecule has 1 saturated heterocycles. The van der Waals surface area contributed by atoms with Gasteiger partial charge in [0.2, 0.25) is 5.91 Å². The summed E-state index contributed by atoms with van der Waals surface area (Å²) in [7, 11) is 0. The third-order valence-corrected chi connectivity index (χ3v) is 4.24. The molecule has 2 aromatic rings. The molecular formula is C18H23N3O2. The van der Waals surface area contributed by atoms with Gasteiger partial charge < -0.3 is 10.1 Å². The summed E-state index contributed by atoms with van der Waals surface area (Å²) in [5.74, 6) is 1.01. The third-order valence-electron chi connectivity index (χ3n) is 4.24. The maximum atomic E-state index is 11.5. The van der Waals surface area contributed by atoms with Crippen LogP contribution in [-0.4, -0.2) is 41.5 Å². The molecule has 122 valence electrons. The summed E-state index contributed by atoms with van der Waals surface area (Å²) in [5.41, 5.74) is 2.01. The van der Waals surface area contributed by atoms with Crippen molar-refractivity contribution in [3.05, 3.63) is 36.0 Å². The lowest BCUT2D eigenvalue weighted by Gasteiger charge is -2.25. The maximum absolute atomic E-state index is 11.5. The van der Waals surface area contributed by atoms with E-state index in [-0.39, 0.29) is 5.91 Å². The Morgan fingerprint density at radius 3 is 3.04 bits per heavy atom. The van der Waals surface area contributed by atoms with E-state index >= 15 is 0 Å². The minimum Gasteiger partial charge on any atom is -0.494 e. The first-order valence-corrected chi connectivity index (χ1v) is 8.19. The van der Waals surface area contributed by atoms with Crippen LogP contribution in [0.25, 0.3) is 10.9 Å². The van der Waals surface area contributed by atoms with E-state index in [0.717, 1.165) is 35.4 Å². The number of carbonyl (C=O) groups is 1.